The third kappa shape index (κ3) is 8.60. The summed E-state index contributed by atoms with van der Waals surface area (Å²) in [5, 5.41) is 8.78. The van der Waals surface area contributed by atoms with Crippen molar-refractivity contribution in [1.29, 1.82) is 0 Å². The third-order valence-corrected chi connectivity index (χ3v) is 13.9. The number of aromatic nitrogens is 4. The summed E-state index contributed by atoms with van der Waals surface area (Å²) in [4.78, 5) is 11.8. The molecule has 1 aliphatic rings. The van der Waals surface area contributed by atoms with Crippen LogP contribution in [0.15, 0.2) is 170 Å². The van der Waals surface area contributed by atoms with E-state index in [1.165, 1.54) is 5.56 Å². The van der Waals surface area contributed by atoms with Gasteiger partial charge >= 0.3 is 0 Å². The molecule has 11 aromatic rings. The van der Waals surface area contributed by atoms with E-state index in [-0.39, 0.29) is 31.9 Å². The van der Waals surface area contributed by atoms with Crippen molar-refractivity contribution in [2.24, 2.45) is 5.41 Å². The molecule has 0 radical (unpaired) electrons. The summed E-state index contributed by atoms with van der Waals surface area (Å²) in [7, 11) is 0. The molecule has 0 aliphatic carbocycles. The van der Waals surface area contributed by atoms with Crippen LogP contribution in [-0.2, 0) is 38.3 Å². The zero-order valence-corrected chi connectivity index (χ0v) is 45.0. The minimum Gasteiger partial charge on any atom is -0.508 e. The van der Waals surface area contributed by atoms with Crippen LogP contribution in [0.25, 0.3) is 82.1 Å². The van der Waals surface area contributed by atoms with Crippen LogP contribution >= 0.6 is 0 Å². The second-order valence-corrected chi connectivity index (χ2v) is 22.2. The fourth-order valence-electron chi connectivity index (χ4n) is 10.5. The maximum atomic E-state index is 9.57. The molecule has 0 atom stereocenters. The van der Waals surface area contributed by atoms with Crippen LogP contribution in [0, 0.1) is 24.2 Å². The molecular formula is C66H58N5OPt-3. The summed E-state index contributed by atoms with van der Waals surface area (Å²) in [6.07, 6.45) is 3.80. The van der Waals surface area contributed by atoms with E-state index in [0.717, 1.165) is 93.4 Å². The van der Waals surface area contributed by atoms with E-state index in [1.807, 2.05) is 39.2 Å². The topological polar surface area (TPSA) is 48.1 Å². The molecule has 0 spiro atoms. The summed E-state index contributed by atoms with van der Waals surface area (Å²) in [6.45, 7) is 21.4. The molecule has 0 amide bonds. The molecule has 0 fully saturated rings. The van der Waals surface area contributed by atoms with Crippen molar-refractivity contribution in [2.45, 2.75) is 79.5 Å². The van der Waals surface area contributed by atoms with Gasteiger partial charge in [-0.25, -0.2) is 4.98 Å². The Hall–Kier alpha value is -7.40. The molecule has 0 bridgehead atoms. The second kappa shape index (κ2) is 18.0. The van der Waals surface area contributed by atoms with Crippen molar-refractivity contribution in [2.75, 3.05) is 4.90 Å². The number of anilines is 2. The molecule has 1 aliphatic heterocycles. The SMILES string of the molecule is [2H]C([2H])(c1cc(-c2cccc3c4ccccc4c4ccccc4c4cccc5c4n(c23)[CH-]N5c2[c-]c(Oc3[c-]c4c(cc3)c3ccccc3n4-c3cc(C(C)(C)C)ccn3)cnc2)cc(C(C)(C)C)c1)C(C)(C)C.[Pt]. The van der Waals surface area contributed by atoms with Crippen LogP contribution in [-0.4, -0.2) is 19.1 Å². The van der Waals surface area contributed by atoms with E-state index >= 15 is 0 Å². The van der Waals surface area contributed by atoms with Crippen LogP contribution in [0.4, 0.5) is 11.4 Å². The van der Waals surface area contributed by atoms with Gasteiger partial charge < -0.3 is 23.8 Å². The van der Waals surface area contributed by atoms with Crippen LogP contribution in [0.5, 0.6) is 11.5 Å². The number of nitrogens with zero attached hydrogens (tertiary/aromatic N) is 5. The number of para-hydroxylation sites is 3. The Balaban J connectivity index is 0.00000602. The van der Waals surface area contributed by atoms with Crippen molar-refractivity contribution in [3.63, 3.8) is 0 Å². The van der Waals surface area contributed by atoms with Crippen molar-refractivity contribution in [3.05, 3.63) is 206 Å². The average molecular weight is 1130 g/mol. The number of hydrogen-bond acceptors (Lipinski definition) is 4. The van der Waals surface area contributed by atoms with Gasteiger partial charge in [-0.15, -0.1) is 23.6 Å². The van der Waals surface area contributed by atoms with Crippen molar-refractivity contribution in [3.8, 4) is 28.4 Å². The molecule has 7 heteroatoms. The monoisotopic (exact) mass is 1130 g/mol. The average Bonchev–Trinajstić information content (AvgIpc) is 3.94. The quantitative estimate of drug-likeness (QED) is 0.156. The summed E-state index contributed by atoms with van der Waals surface area (Å²) in [5.41, 5.74) is 9.45. The number of hydrogen-bond donors (Lipinski definition) is 0. The van der Waals surface area contributed by atoms with Gasteiger partial charge in [0, 0.05) is 52.7 Å². The molecule has 0 saturated heterocycles. The normalized spacial score (nSPS) is 13.4. The van der Waals surface area contributed by atoms with E-state index in [1.54, 1.807) is 6.20 Å². The third-order valence-electron chi connectivity index (χ3n) is 13.9. The first-order valence-electron chi connectivity index (χ1n) is 25.9. The fourth-order valence-corrected chi connectivity index (χ4v) is 10.5. The molecule has 6 nitrogen and oxygen atoms in total. The summed E-state index contributed by atoms with van der Waals surface area (Å²) < 4.78 is 30.4. The number of benzene rings is 7. The zero-order chi connectivity index (χ0) is 51.5. The summed E-state index contributed by atoms with van der Waals surface area (Å²) in [5.74, 6) is 1.80. The first-order valence-corrected chi connectivity index (χ1v) is 24.9. The van der Waals surface area contributed by atoms with Gasteiger partial charge in [-0.05, 0) is 136 Å². The maximum Gasteiger partial charge on any atom is 0.135 e. The van der Waals surface area contributed by atoms with E-state index in [4.69, 9.17) is 14.7 Å². The number of ether oxygens (including phenoxy) is 1. The minimum atomic E-state index is -1.62. The largest absolute Gasteiger partial charge is 0.508 e. The molecule has 0 saturated carbocycles. The molecular weight excluding hydrogens is 1070 g/mol. The van der Waals surface area contributed by atoms with E-state index in [0.29, 0.717) is 22.7 Å². The Morgan fingerprint density at radius 1 is 0.575 bits per heavy atom. The molecule has 366 valence electrons. The van der Waals surface area contributed by atoms with Crippen molar-refractivity contribution < 1.29 is 28.5 Å². The van der Waals surface area contributed by atoms with Gasteiger partial charge in [-0.2, -0.15) is 6.07 Å². The van der Waals surface area contributed by atoms with Gasteiger partial charge in [0.1, 0.15) is 5.82 Å². The smallest absolute Gasteiger partial charge is 0.135 e. The Bertz CT molecular complexity index is 4150. The summed E-state index contributed by atoms with van der Waals surface area (Å²) in [6, 6.07) is 60.8. The standard InChI is InChI=1S/C66H58N5O.Pt/c1-64(2,3)38-42-32-43(34-45(33-42)66(7,8)9)49-23-16-24-56-52-20-12-10-18-50(52)51-19-11-13-21-53(51)57-25-17-27-59-63(57)70(62(49)56)41-69(59)46-36-48(40-67-39-46)72-47-28-29-55-54-22-14-15-26-58(54)71(60(55)37-47)61-35-44(30-31-68-61)65(4,5)6;/h10-35,39-41H,38H2,1-9H3;/q-3;/i38D2;. The molecule has 0 unspecified atom stereocenters. The van der Waals surface area contributed by atoms with E-state index in [9.17, 15) is 2.74 Å². The Labute approximate surface area is 445 Å². The first kappa shape index (κ1) is 45.5. The Morgan fingerprint density at radius 3 is 1.89 bits per heavy atom. The molecule has 12 rings (SSSR count). The summed E-state index contributed by atoms with van der Waals surface area (Å²) >= 11 is 0. The second-order valence-electron chi connectivity index (χ2n) is 22.2. The number of rotatable bonds is 6. The van der Waals surface area contributed by atoms with Crippen LogP contribution in [0.3, 0.4) is 0 Å². The predicted molar refractivity (Wildman–Crippen MR) is 300 cm³/mol. The van der Waals surface area contributed by atoms with Crippen molar-refractivity contribution in [1.82, 2.24) is 19.1 Å². The predicted octanol–water partition coefficient (Wildman–Crippen LogP) is 17.5. The number of pyridine rings is 2. The van der Waals surface area contributed by atoms with Crippen LogP contribution in [0.1, 0.15) is 81.7 Å². The van der Waals surface area contributed by atoms with Gasteiger partial charge in [0.15, 0.2) is 0 Å². The van der Waals surface area contributed by atoms with Crippen molar-refractivity contribution >= 4 is 76.5 Å². The van der Waals surface area contributed by atoms with Gasteiger partial charge in [-0.3, -0.25) is 0 Å². The van der Waals surface area contributed by atoms with Gasteiger partial charge in [0.05, 0.1) is 0 Å². The maximum absolute atomic E-state index is 9.57. The molecule has 73 heavy (non-hydrogen) atoms. The number of fused-ring (bicyclic) bond motifs is 10. The van der Waals surface area contributed by atoms with Gasteiger partial charge in [0.25, 0.3) is 0 Å². The fraction of sp³-hybridized carbons (Fsp3) is 0.197. The van der Waals surface area contributed by atoms with Gasteiger partial charge in [0.2, 0.25) is 0 Å². The Morgan fingerprint density at radius 2 is 1.21 bits per heavy atom. The Kier molecular flexibility index (Phi) is 11.2. The minimum absolute atomic E-state index is 0. The van der Waals surface area contributed by atoms with E-state index < -0.39 is 11.8 Å². The van der Waals surface area contributed by atoms with Gasteiger partial charge in [-0.1, -0.05) is 195 Å². The molecule has 0 N–H and O–H groups in total. The molecule has 4 aromatic heterocycles. The molecule has 7 aromatic carbocycles. The van der Waals surface area contributed by atoms with E-state index in [2.05, 4.69) is 220 Å². The molecule has 5 heterocycles. The van der Waals surface area contributed by atoms with Crippen LogP contribution < -0.4 is 9.64 Å². The zero-order valence-electron chi connectivity index (χ0n) is 44.7. The van der Waals surface area contributed by atoms with Crippen LogP contribution in [0.2, 0.25) is 0 Å². The first-order chi connectivity index (χ1) is 35.3.